The first-order valence-corrected chi connectivity index (χ1v) is 7.36. The number of carbonyl (C=O) groups excluding carboxylic acids is 1. The largest absolute Gasteiger partial charge is 0.312 e. The third-order valence-electron chi connectivity index (χ3n) is 3.11. The van der Waals surface area contributed by atoms with E-state index in [1.807, 2.05) is 53.9 Å². The van der Waals surface area contributed by atoms with E-state index in [1.54, 1.807) is 0 Å². The second kappa shape index (κ2) is 6.10. The Bertz CT molecular complexity index is 360. The van der Waals surface area contributed by atoms with E-state index in [0.717, 1.165) is 24.4 Å². The summed E-state index contributed by atoms with van der Waals surface area (Å²) >= 11 is 1.82. The van der Waals surface area contributed by atoms with Gasteiger partial charge < -0.3 is 4.90 Å². The van der Waals surface area contributed by atoms with E-state index < -0.39 is 0 Å². The lowest BCUT2D eigenvalue weighted by Crippen LogP contribution is -2.38. The molecule has 1 aromatic carbocycles. The van der Waals surface area contributed by atoms with Crippen molar-refractivity contribution in [3.63, 3.8) is 0 Å². The van der Waals surface area contributed by atoms with Crippen LogP contribution in [-0.2, 0) is 4.79 Å². The number of amides is 1. The molecule has 1 unspecified atom stereocenters. The van der Waals surface area contributed by atoms with Gasteiger partial charge in [-0.15, -0.1) is 11.8 Å². The van der Waals surface area contributed by atoms with Crippen LogP contribution in [0.2, 0.25) is 0 Å². The quantitative estimate of drug-likeness (QED) is 0.819. The molecular weight excluding hydrogens is 230 g/mol. The van der Waals surface area contributed by atoms with Crippen LogP contribution in [0, 0.1) is 0 Å². The highest BCUT2D eigenvalue weighted by molar-refractivity contribution is 8.00. The molecule has 2 nitrogen and oxygen atoms in total. The van der Waals surface area contributed by atoms with E-state index in [1.165, 1.54) is 12.8 Å². The van der Waals surface area contributed by atoms with Gasteiger partial charge >= 0.3 is 0 Å². The average Bonchev–Trinajstić information content (AvgIpc) is 2.42. The Balaban J connectivity index is 2.10. The molecule has 0 spiro atoms. The fourth-order valence-corrected chi connectivity index (χ4v) is 3.44. The zero-order chi connectivity index (χ0) is 12.1. The van der Waals surface area contributed by atoms with Crippen LogP contribution in [0.15, 0.2) is 30.3 Å². The number of para-hydroxylation sites is 1. The van der Waals surface area contributed by atoms with Crippen molar-refractivity contribution in [1.29, 1.82) is 0 Å². The number of rotatable bonds is 3. The molecule has 92 valence electrons. The second-order valence-electron chi connectivity index (χ2n) is 4.27. The molecule has 1 aliphatic heterocycles. The number of benzene rings is 1. The standard InChI is InChI=1S/C14H19NOS/c1-2-15(12-8-4-3-5-9-12)14(16)13-10-6-7-11-17-13/h3-5,8-9,13H,2,6-7,10-11H2,1H3. The highest BCUT2D eigenvalue weighted by atomic mass is 32.2. The molecule has 2 rings (SSSR count). The summed E-state index contributed by atoms with van der Waals surface area (Å²) in [6.45, 7) is 2.79. The van der Waals surface area contributed by atoms with Crippen molar-refractivity contribution >= 4 is 23.4 Å². The smallest absolute Gasteiger partial charge is 0.240 e. The third kappa shape index (κ3) is 3.03. The van der Waals surface area contributed by atoms with Crippen LogP contribution < -0.4 is 4.90 Å². The number of nitrogens with zero attached hydrogens (tertiary/aromatic N) is 1. The van der Waals surface area contributed by atoms with Crippen LogP contribution >= 0.6 is 11.8 Å². The lowest BCUT2D eigenvalue weighted by atomic mass is 10.1. The summed E-state index contributed by atoms with van der Waals surface area (Å²) in [4.78, 5) is 14.3. The Hall–Kier alpha value is -0.960. The second-order valence-corrected chi connectivity index (χ2v) is 5.58. The van der Waals surface area contributed by atoms with Gasteiger partial charge in [-0.1, -0.05) is 24.6 Å². The van der Waals surface area contributed by atoms with Gasteiger partial charge in [-0.05, 0) is 37.7 Å². The summed E-state index contributed by atoms with van der Waals surface area (Å²) in [6, 6.07) is 9.97. The zero-order valence-corrected chi connectivity index (χ0v) is 11.1. The summed E-state index contributed by atoms with van der Waals surface area (Å²) in [5.74, 6) is 1.41. The van der Waals surface area contributed by atoms with Gasteiger partial charge in [0.25, 0.3) is 0 Å². The molecule has 0 saturated carbocycles. The monoisotopic (exact) mass is 249 g/mol. The minimum absolute atomic E-state index is 0.170. The van der Waals surface area contributed by atoms with Crippen LogP contribution in [0.1, 0.15) is 26.2 Å². The molecule has 0 aliphatic carbocycles. The third-order valence-corrected chi connectivity index (χ3v) is 4.47. The summed E-state index contributed by atoms with van der Waals surface area (Å²) < 4.78 is 0. The molecule has 0 aromatic heterocycles. The predicted molar refractivity (Wildman–Crippen MR) is 74.6 cm³/mol. The first-order chi connectivity index (χ1) is 8.33. The number of thioether (sulfide) groups is 1. The molecule has 1 atom stereocenters. The molecule has 17 heavy (non-hydrogen) atoms. The number of carbonyl (C=O) groups is 1. The lowest BCUT2D eigenvalue weighted by Gasteiger charge is -2.28. The zero-order valence-electron chi connectivity index (χ0n) is 10.3. The predicted octanol–water partition coefficient (Wildman–Crippen LogP) is 3.33. The van der Waals surface area contributed by atoms with Crippen LogP contribution in [-0.4, -0.2) is 23.5 Å². The molecule has 3 heteroatoms. The van der Waals surface area contributed by atoms with Crippen molar-refractivity contribution in [3.05, 3.63) is 30.3 Å². The molecule has 0 radical (unpaired) electrons. The average molecular weight is 249 g/mol. The maximum absolute atomic E-state index is 12.4. The molecule has 1 fully saturated rings. The van der Waals surface area contributed by atoms with E-state index in [0.29, 0.717) is 0 Å². The fraction of sp³-hybridized carbons (Fsp3) is 0.500. The normalized spacial score (nSPS) is 19.9. The molecule has 1 amide bonds. The minimum Gasteiger partial charge on any atom is -0.312 e. The SMILES string of the molecule is CCN(C(=O)C1CCCCS1)c1ccccc1. The highest BCUT2D eigenvalue weighted by Gasteiger charge is 2.26. The van der Waals surface area contributed by atoms with Gasteiger partial charge in [0.1, 0.15) is 0 Å². The molecule has 0 N–H and O–H groups in total. The van der Waals surface area contributed by atoms with Gasteiger partial charge in [0.15, 0.2) is 0 Å². The summed E-state index contributed by atoms with van der Waals surface area (Å²) in [7, 11) is 0. The van der Waals surface area contributed by atoms with Crippen LogP contribution in [0.25, 0.3) is 0 Å². The van der Waals surface area contributed by atoms with Gasteiger partial charge in [0.2, 0.25) is 5.91 Å². The molecular formula is C14H19NOS. The lowest BCUT2D eigenvalue weighted by molar-refractivity contribution is -0.118. The van der Waals surface area contributed by atoms with Gasteiger partial charge in [-0.2, -0.15) is 0 Å². The highest BCUT2D eigenvalue weighted by Crippen LogP contribution is 2.28. The van der Waals surface area contributed by atoms with E-state index in [9.17, 15) is 4.79 Å². The first kappa shape index (κ1) is 12.5. The van der Waals surface area contributed by atoms with E-state index in [4.69, 9.17) is 0 Å². The van der Waals surface area contributed by atoms with Crippen molar-refractivity contribution in [2.24, 2.45) is 0 Å². The van der Waals surface area contributed by atoms with Gasteiger partial charge in [-0.3, -0.25) is 4.79 Å². The number of hydrogen-bond acceptors (Lipinski definition) is 2. The van der Waals surface area contributed by atoms with Crippen molar-refractivity contribution < 1.29 is 4.79 Å². The van der Waals surface area contributed by atoms with Crippen LogP contribution in [0.5, 0.6) is 0 Å². The van der Waals surface area contributed by atoms with Crippen molar-refractivity contribution in [2.45, 2.75) is 31.4 Å². The summed E-state index contributed by atoms with van der Waals surface area (Å²) in [5, 5.41) is 0.170. The van der Waals surface area contributed by atoms with Gasteiger partial charge in [0, 0.05) is 12.2 Å². The minimum atomic E-state index is 0.170. The van der Waals surface area contributed by atoms with Crippen molar-refractivity contribution in [1.82, 2.24) is 0 Å². The number of hydrogen-bond donors (Lipinski definition) is 0. The van der Waals surface area contributed by atoms with Crippen molar-refractivity contribution in [3.8, 4) is 0 Å². The fourth-order valence-electron chi connectivity index (χ4n) is 2.18. The molecule has 1 aromatic rings. The van der Waals surface area contributed by atoms with Gasteiger partial charge in [0.05, 0.1) is 5.25 Å². The molecule has 0 bridgehead atoms. The van der Waals surface area contributed by atoms with Crippen molar-refractivity contribution in [2.75, 3.05) is 17.2 Å². The molecule has 1 saturated heterocycles. The Morgan fingerprint density at radius 1 is 1.35 bits per heavy atom. The van der Waals surface area contributed by atoms with Crippen LogP contribution in [0.4, 0.5) is 5.69 Å². The van der Waals surface area contributed by atoms with E-state index in [2.05, 4.69) is 0 Å². The maximum atomic E-state index is 12.4. The molecule has 1 heterocycles. The topological polar surface area (TPSA) is 20.3 Å². The van der Waals surface area contributed by atoms with Crippen LogP contribution in [0.3, 0.4) is 0 Å². The Labute approximate surface area is 107 Å². The Morgan fingerprint density at radius 2 is 2.12 bits per heavy atom. The maximum Gasteiger partial charge on any atom is 0.240 e. The Kier molecular flexibility index (Phi) is 4.49. The van der Waals surface area contributed by atoms with E-state index >= 15 is 0 Å². The first-order valence-electron chi connectivity index (χ1n) is 6.31. The number of anilines is 1. The Morgan fingerprint density at radius 3 is 2.71 bits per heavy atom. The van der Waals surface area contributed by atoms with E-state index in [-0.39, 0.29) is 11.2 Å². The van der Waals surface area contributed by atoms with Gasteiger partial charge in [-0.25, -0.2) is 0 Å². The summed E-state index contributed by atoms with van der Waals surface area (Å²) in [6.07, 6.45) is 3.48. The molecule has 1 aliphatic rings. The summed E-state index contributed by atoms with van der Waals surface area (Å²) in [5.41, 5.74) is 1.02.